The van der Waals surface area contributed by atoms with Gasteiger partial charge in [0.1, 0.15) is 0 Å². The van der Waals surface area contributed by atoms with Crippen LogP contribution in [0.15, 0.2) is 0 Å². The van der Waals surface area contributed by atoms with Crippen LogP contribution in [-0.2, 0) is 0 Å². The summed E-state index contributed by atoms with van der Waals surface area (Å²) in [7, 11) is 0. The first-order chi connectivity index (χ1) is 6.33. The fourth-order valence-corrected chi connectivity index (χ4v) is 3.34. The number of hydrogen-bond acceptors (Lipinski definition) is 0. The van der Waals surface area contributed by atoms with Gasteiger partial charge in [0, 0.05) is 5.33 Å². The fraction of sp³-hybridized carbons (Fsp3) is 1.00. The molecule has 0 heterocycles. The van der Waals surface area contributed by atoms with E-state index in [-0.39, 0.29) is 0 Å². The Morgan fingerprint density at radius 3 is 2.31 bits per heavy atom. The molecule has 0 nitrogen and oxygen atoms in total. The van der Waals surface area contributed by atoms with Crippen LogP contribution < -0.4 is 0 Å². The lowest BCUT2D eigenvalue weighted by Gasteiger charge is -2.36. The van der Waals surface area contributed by atoms with Crippen molar-refractivity contribution in [1.82, 2.24) is 0 Å². The standard InChI is InChI=1S/C12H23Br/c1-2-3-5-8-12(11-13)9-6-4-7-10-12/h2-11H2,1H3. The molecule has 0 N–H and O–H groups in total. The summed E-state index contributed by atoms with van der Waals surface area (Å²) in [5.41, 5.74) is 0.688. The van der Waals surface area contributed by atoms with Crippen molar-refractivity contribution in [3.8, 4) is 0 Å². The smallest absolute Gasteiger partial charge is 0.00879 e. The van der Waals surface area contributed by atoms with E-state index in [1.807, 2.05) is 0 Å². The van der Waals surface area contributed by atoms with Gasteiger partial charge >= 0.3 is 0 Å². The molecule has 0 amide bonds. The van der Waals surface area contributed by atoms with Crippen molar-refractivity contribution in [2.24, 2.45) is 5.41 Å². The molecule has 1 rings (SSSR count). The van der Waals surface area contributed by atoms with Gasteiger partial charge in [-0.15, -0.1) is 0 Å². The molecule has 0 aromatic heterocycles. The summed E-state index contributed by atoms with van der Waals surface area (Å²) >= 11 is 3.72. The summed E-state index contributed by atoms with van der Waals surface area (Å²) in [6.45, 7) is 2.29. The van der Waals surface area contributed by atoms with Crippen LogP contribution in [0.4, 0.5) is 0 Å². The Hall–Kier alpha value is 0.480. The van der Waals surface area contributed by atoms with E-state index in [4.69, 9.17) is 0 Å². The predicted octanol–water partition coefficient (Wildman–Crippen LogP) is 4.91. The van der Waals surface area contributed by atoms with Crippen LogP contribution in [-0.4, -0.2) is 5.33 Å². The van der Waals surface area contributed by atoms with Gasteiger partial charge in [-0.2, -0.15) is 0 Å². The maximum Gasteiger partial charge on any atom is 0.00879 e. The van der Waals surface area contributed by atoms with E-state index in [1.54, 1.807) is 0 Å². The van der Waals surface area contributed by atoms with Gasteiger partial charge in [0.15, 0.2) is 0 Å². The molecular formula is C12H23Br. The zero-order chi connectivity index (χ0) is 9.57. The summed E-state index contributed by atoms with van der Waals surface area (Å²) in [5, 5.41) is 1.24. The largest absolute Gasteiger partial charge is 0.0922 e. The molecule has 0 bridgehead atoms. The third-order valence-electron chi connectivity index (χ3n) is 3.51. The van der Waals surface area contributed by atoms with E-state index in [2.05, 4.69) is 22.9 Å². The second-order valence-corrected chi connectivity index (χ2v) is 5.21. The Kier molecular flexibility index (Phi) is 5.38. The van der Waals surface area contributed by atoms with Gasteiger partial charge in [0.2, 0.25) is 0 Å². The third-order valence-corrected chi connectivity index (χ3v) is 4.70. The van der Waals surface area contributed by atoms with E-state index in [0.29, 0.717) is 5.41 Å². The lowest BCUT2D eigenvalue weighted by atomic mass is 9.72. The second kappa shape index (κ2) is 6.06. The molecule has 0 radical (unpaired) electrons. The van der Waals surface area contributed by atoms with Crippen molar-refractivity contribution in [3.63, 3.8) is 0 Å². The molecule has 0 aliphatic heterocycles. The van der Waals surface area contributed by atoms with Gasteiger partial charge in [-0.05, 0) is 24.7 Å². The lowest BCUT2D eigenvalue weighted by Crippen LogP contribution is -2.25. The quantitative estimate of drug-likeness (QED) is 0.478. The SMILES string of the molecule is CCCCCC1(CBr)CCCCC1. The van der Waals surface area contributed by atoms with Gasteiger partial charge in [-0.25, -0.2) is 0 Å². The Bertz CT molecular complexity index is 125. The van der Waals surface area contributed by atoms with Crippen LogP contribution in [0.1, 0.15) is 64.7 Å². The first-order valence-electron chi connectivity index (χ1n) is 5.89. The van der Waals surface area contributed by atoms with E-state index in [9.17, 15) is 0 Å². The second-order valence-electron chi connectivity index (χ2n) is 4.65. The molecule has 0 unspecified atom stereocenters. The number of hydrogen-bond donors (Lipinski definition) is 0. The third kappa shape index (κ3) is 3.61. The van der Waals surface area contributed by atoms with Crippen LogP contribution in [0.5, 0.6) is 0 Å². The minimum absolute atomic E-state index is 0.688. The van der Waals surface area contributed by atoms with Crippen molar-refractivity contribution in [2.75, 3.05) is 5.33 Å². The average Bonchev–Trinajstić information content (AvgIpc) is 2.20. The van der Waals surface area contributed by atoms with Gasteiger partial charge < -0.3 is 0 Å². The summed E-state index contributed by atoms with van der Waals surface area (Å²) in [4.78, 5) is 0. The predicted molar refractivity (Wildman–Crippen MR) is 63.5 cm³/mol. The molecule has 1 aliphatic rings. The van der Waals surface area contributed by atoms with Crippen molar-refractivity contribution < 1.29 is 0 Å². The Balaban J connectivity index is 2.29. The van der Waals surface area contributed by atoms with E-state index < -0.39 is 0 Å². The van der Waals surface area contributed by atoms with Crippen molar-refractivity contribution in [3.05, 3.63) is 0 Å². The van der Waals surface area contributed by atoms with E-state index in [1.165, 1.54) is 63.1 Å². The first kappa shape index (κ1) is 11.6. The summed E-state index contributed by atoms with van der Waals surface area (Å²) in [6, 6.07) is 0. The molecule has 1 saturated carbocycles. The molecule has 78 valence electrons. The minimum atomic E-state index is 0.688. The van der Waals surface area contributed by atoms with Crippen LogP contribution in [0, 0.1) is 5.41 Å². The zero-order valence-corrected chi connectivity index (χ0v) is 10.5. The number of unbranched alkanes of at least 4 members (excludes halogenated alkanes) is 2. The maximum absolute atomic E-state index is 3.72. The molecule has 1 aliphatic carbocycles. The number of alkyl halides is 1. The molecule has 1 fully saturated rings. The van der Waals surface area contributed by atoms with Crippen LogP contribution in [0.2, 0.25) is 0 Å². The molecular weight excluding hydrogens is 224 g/mol. The van der Waals surface area contributed by atoms with Crippen LogP contribution in [0.3, 0.4) is 0 Å². The molecule has 0 saturated heterocycles. The summed E-state index contributed by atoms with van der Waals surface area (Å²) < 4.78 is 0. The average molecular weight is 247 g/mol. The van der Waals surface area contributed by atoms with Crippen molar-refractivity contribution in [2.45, 2.75) is 64.7 Å². The fourth-order valence-electron chi connectivity index (χ4n) is 2.50. The van der Waals surface area contributed by atoms with E-state index >= 15 is 0 Å². The molecule has 0 aromatic carbocycles. The Labute approximate surface area is 91.6 Å². The molecule has 0 aromatic rings. The molecule has 1 heteroatoms. The van der Waals surface area contributed by atoms with Crippen LogP contribution >= 0.6 is 15.9 Å². The zero-order valence-electron chi connectivity index (χ0n) is 8.95. The highest BCUT2D eigenvalue weighted by atomic mass is 79.9. The minimum Gasteiger partial charge on any atom is -0.0922 e. The topological polar surface area (TPSA) is 0 Å². The number of rotatable bonds is 5. The van der Waals surface area contributed by atoms with Gasteiger partial charge in [-0.3, -0.25) is 0 Å². The summed E-state index contributed by atoms with van der Waals surface area (Å²) in [6.07, 6.45) is 13.1. The highest BCUT2D eigenvalue weighted by molar-refractivity contribution is 9.09. The maximum atomic E-state index is 3.72. The van der Waals surface area contributed by atoms with Crippen molar-refractivity contribution in [1.29, 1.82) is 0 Å². The molecule has 0 atom stereocenters. The van der Waals surface area contributed by atoms with E-state index in [0.717, 1.165) is 0 Å². The Morgan fingerprint density at radius 2 is 1.77 bits per heavy atom. The summed E-state index contributed by atoms with van der Waals surface area (Å²) in [5.74, 6) is 0. The van der Waals surface area contributed by atoms with Crippen LogP contribution in [0.25, 0.3) is 0 Å². The van der Waals surface area contributed by atoms with Gasteiger partial charge in [0.05, 0.1) is 0 Å². The van der Waals surface area contributed by atoms with Gasteiger partial charge in [-0.1, -0.05) is 61.4 Å². The highest BCUT2D eigenvalue weighted by Gasteiger charge is 2.29. The van der Waals surface area contributed by atoms with Crippen molar-refractivity contribution >= 4 is 15.9 Å². The lowest BCUT2D eigenvalue weighted by molar-refractivity contribution is 0.201. The Morgan fingerprint density at radius 1 is 1.08 bits per heavy atom. The monoisotopic (exact) mass is 246 g/mol. The molecule has 0 spiro atoms. The first-order valence-corrected chi connectivity index (χ1v) is 7.01. The van der Waals surface area contributed by atoms with Gasteiger partial charge in [0.25, 0.3) is 0 Å². The number of halogens is 1. The molecule has 13 heavy (non-hydrogen) atoms. The highest BCUT2D eigenvalue weighted by Crippen LogP contribution is 2.41. The normalized spacial score (nSPS) is 21.7.